The molecular weight excluding hydrogens is 176 g/mol. The van der Waals surface area contributed by atoms with E-state index in [-0.39, 0.29) is 0 Å². The Morgan fingerprint density at radius 3 is 2.85 bits per heavy atom. The van der Waals surface area contributed by atoms with Crippen molar-refractivity contribution in [3.8, 4) is 0 Å². The Balaban J connectivity index is 2.47. The average molecular weight is 182 g/mol. The van der Waals surface area contributed by atoms with Crippen LogP contribution >= 0.6 is 0 Å². The Morgan fingerprint density at radius 2 is 2.31 bits per heavy atom. The summed E-state index contributed by atoms with van der Waals surface area (Å²) in [6.07, 6.45) is 4.16. The van der Waals surface area contributed by atoms with E-state index in [9.17, 15) is 9.59 Å². The first-order valence-corrected chi connectivity index (χ1v) is 3.30. The lowest BCUT2D eigenvalue weighted by atomic mass is 10.4. The molecule has 0 saturated carbocycles. The van der Waals surface area contributed by atoms with Crippen LogP contribution in [0.1, 0.15) is 0 Å². The largest absolute Gasteiger partial charge is 0.478 e. The van der Waals surface area contributed by atoms with E-state index >= 15 is 0 Å². The van der Waals surface area contributed by atoms with Gasteiger partial charge in [-0.15, -0.1) is 0 Å². The number of rotatable bonds is 3. The molecule has 1 heterocycles. The fourth-order valence-electron chi connectivity index (χ4n) is 0.597. The summed E-state index contributed by atoms with van der Waals surface area (Å²) in [5.74, 6) is -1.73. The zero-order valence-corrected chi connectivity index (χ0v) is 6.43. The second-order valence-electron chi connectivity index (χ2n) is 2.07. The number of carboxylic acid groups (broad SMARTS) is 1. The van der Waals surface area contributed by atoms with Gasteiger partial charge < -0.3 is 14.9 Å². The van der Waals surface area contributed by atoms with Crippen molar-refractivity contribution in [3.63, 3.8) is 0 Å². The van der Waals surface area contributed by atoms with Crippen LogP contribution in [0, 0.1) is 0 Å². The second kappa shape index (κ2) is 4.05. The number of anilines is 1. The summed E-state index contributed by atoms with van der Waals surface area (Å²) >= 11 is 0. The highest BCUT2D eigenvalue weighted by Crippen LogP contribution is 2.02. The van der Waals surface area contributed by atoms with Gasteiger partial charge in [0.15, 0.2) is 0 Å². The minimum Gasteiger partial charge on any atom is -0.478 e. The standard InChI is InChI=1S/C7H6N2O4/c10-6(1-2-7(11)12)9-5-3-8-13-4-5/h1-4H,(H,9,10)(H,11,12)/b2-1-. The van der Waals surface area contributed by atoms with Crippen LogP contribution in [0.5, 0.6) is 0 Å². The van der Waals surface area contributed by atoms with Crippen LogP contribution in [-0.2, 0) is 9.59 Å². The molecule has 6 nitrogen and oxygen atoms in total. The van der Waals surface area contributed by atoms with Crippen LogP contribution in [-0.4, -0.2) is 22.1 Å². The van der Waals surface area contributed by atoms with E-state index in [1.807, 2.05) is 0 Å². The van der Waals surface area contributed by atoms with Crippen LogP contribution in [0.4, 0.5) is 5.69 Å². The van der Waals surface area contributed by atoms with E-state index in [2.05, 4.69) is 15.0 Å². The van der Waals surface area contributed by atoms with Crippen LogP contribution < -0.4 is 5.32 Å². The fraction of sp³-hybridized carbons (Fsp3) is 0. The molecule has 0 bridgehead atoms. The SMILES string of the molecule is O=C(O)/C=C\C(=O)Nc1cnoc1. The number of carbonyl (C=O) groups is 2. The number of nitrogens with one attached hydrogen (secondary N) is 1. The molecule has 0 aliphatic rings. The molecule has 0 aliphatic carbocycles. The summed E-state index contributed by atoms with van der Waals surface area (Å²) in [4.78, 5) is 20.9. The number of nitrogens with zero attached hydrogens (tertiary/aromatic N) is 1. The van der Waals surface area contributed by atoms with Crippen molar-refractivity contribution in [3.05, 3.63) is 24.6 Å². The van der Waals surface area contributed by atoms with Crippen LogP contribution in [0.25, 0.3) is 0 Å². The number of carbonyl (C=O) groups excluding carboxylic acids is 1. The van der Waals surface area contributed by atoms with Gasteiger partial charge in [-0.1, -0.05) is 5.16 Å². The predicted octanol–water partition coefficient (Wildman–Crippen LogP) is 0.254. The highest BCUT2D eigenvalue weighted by molar-refractivity contribution is 6.02. The van der Waals surface area contributed by atoms with Crippen molar-refractivity contribution in [1.82, 2.24) is 5.16 Å². The average Bonchev–Trinajstić information content (AvgIpc) is 2.53. The molecule has 0 unspecified atom stereocenters. The molecule has 68 valence electrons. The molecular formula is C7H6N2O4. The zero-order valence-electron chi connectivity index (χ0n) is 6.43. The van der Waals surface area contributed by atoms with Gasteiger partial charge in [0.25, 0.3) is 0 Å². The van der Waals surface area contributed by atoms with Crippen LogP contribution in [0.15, 0.2) is 29.1 Å². The normalized spacial score (nSPS) is 10.2. The number of aromatic nitrogens is 1. The Morgan fingerprint density at radius 1 is 1.54 bits per heavy atom. The van der Waals surface area contributed by atoms with Crippen molar-refractivity contribution < 1.29 is 19.2 Å². The maximum absolute atomic E-state index is 10.9. The molecule has 13 heavy (non-hydrogen) atoms. The third-order valence-electron chi connectivity index (χ3n) is 1.08. The lowest BCUT2D eigenvalue weighted by Crippen LogP contribution is -2.07. The third kappa shape index (κ3) is 3.19. The first-order chi connectivity index (χ1) is 6.18. The summed E-state index contributed by atoms with van der Waals surface area (Å²) in [5, 5.41) is 13.9. The summed E-state index contributed by atoms with van der Waals surface area (Å²) in [6.45, 7) is 0. The summed E-state index contributed by atoms with van der Waals surface area (Å²) < 4.78 is 4.44. The van der Waals surface area contributed by atoms with Crippen molar-refractivity contribution in [2.24, 2.45) is 0 Å². The second-order valence-corrected chi connectivity index (χ2v) is 2.07. The van der Waals surface area contributed by atoms with Crippen molar-refractivity contribution in [2.75, 3.05) is 5.32 Å². The van der Waals surface area contributed by atoms with Crippen LogP contribution in [0.2, 0.25) is 0 Å². The first-order valence-electron chi connectivity index (χ1n) is 3.30. The molecule has 0 aliphatic heterocycles. The number of hydrogen-bond acceptors (Lipinski definition) is 4. The Labute approximate surface area is 72.8 Å². The molecule has 0 saturated heterocycles. The van der Waals surface area contributed by atoms with Crippen molar-refractivity contribution in [2.45, 2.75) is 0 Å². The minimum atomic E-state index is -1.18. The van der Waals surface area contributed by atoms with E-state index in [4.69, 9.17) is 5.11 Å². The zero-order chi connectivity index (χ0) is 9.68. The molecule has 0 radical (unpaired) electrons. The highest BCUT2D eigenvalue weighted by atomic mass is 16.5. The van der Waals surface area contributed by atoms with Gasteiger partial charge in [-0.2, -0.15) is 0 Å². The van der Waals surface area contributed by atoms with Gasteiger partial charge in [-0.25, -0.2) is 4.79 Å². The van der Waals surface area contributed by atoms with E-state index < -0.39 is 11.9 Å². The number of carboxylic acids is 1. The Kier molecular flexibility index (Phi) is 2.80. The van der Waals surface area contributed by atoms with Gasteiger partial charge in [-0.3, -0.25) is 4.79 Å². The van der Waals surface area contributed by atoms with E-state index in [1.54, 1.807) is 0 Å². The molecule has 1 rings (SSSR count). The van der Waals surface area contributed by atoms with Gasteiger partial charge >= 0.3 is 5.97 Å². The quantitative estimate of drug-likeness (QED) is 0.654. The Bertz CT molecular complexity index is 328. The molecule has 0 fully saturated rings. The Hall–Kier alpha value is -2.11. The fourth-order valence-corrected chi connectivity index (χ4v) is 0.597. The third-order valence-corrected chi connectivity index (χ3v) is 1.08. The lowest BCUT2D eigenvalue weighted by molar-refractivity contribution is -0.131. The van der Waals surface area contributed by atoms with Crippen molar-refractivity contribution in [1.29, 1.82) is 0 Å². The highest BCUT2D eigenvalue weighted by Gasteiger charge is 1.99. The maximum Gasteiger partial charge on any atom is 0.328 e. The maximum atomic E-state index is 10.9. The molecule has 0 spiro atoms. The molecule has 2 N–H and O–H groups in total. The minimum absolute atomic E-state index is 0.375. The van der Waals surface area contributed by atoms with Gasteiger partial charge in [0.1, 0.15) is 12.0 Å². The van der Waals surface area contributed by atoms with Gasteiger partial charge in [-0.05, 0) is 0 Å². The van der Waals surface area contributed by atoms with E-state index in [0.29, 0.717) is 5.69 Å². The molecule has 1 aromatic heterocycles. The first kappa shape index (κ1) is 8.98. The van der Waals surface area contributed by atoms with Gasteiger partial charge in [0, 0.05) is 12.2 Å². The van der Waals surface area contributed by atoms with Crippen molar-refractivity contribution >= 4 is 17.6 Å². The predicted molar refractivity (Wildman–Crippen MR) is 41.9 cm³/mol. The topological polar surface area (TPSA) is 92.4 Å². The molecule has 1 amide bonds. The molecule has 0 atom stereocenters. The summed E-state index contributed by atoms with van der Waals surface area (Å²) in [5.41, 5.74) is 0.375. The number of amides is 1. The van der Waals surface area contributed by atoms with Gasteiger partial charge in [0.2, 0.25) is 5.91 Å². The summed E-state index contributed by atoms with van der Waals surface area (Å²) in [6, 6.07) is 0. The van der Waals surface area contributed by atoms with E-state index in [1.165, 1.54) is 12.5 Å². The molecule has 6 heteroatoms. The van der Waals surface area contributed by atoms with E-state index in [0.717, 1.165) is 12.2 Å². The smallest absolute Gasteiger partial charge is 0.328 e. The molecule has 0 aromatic carbocycles. The lowest BCUT2D eigenvalue weighted by Gasteiger charge is -1.93. The van der Waals surface area contributed by atoms with Crippen LogP contribution in [0.3, 0.4) is 0 Å². The summed E-state index contributed by atoms with van der Waals surface area (Å²) in [7, 11) is 0. The molecule has 1 aromatic rings. The number of hydrogen-bond donors (Lipinski definition) is 2. The van der Waals surface area contributed by atoms with Gasteiger partial charge in [0.05, 0.1) is 6.20 Å². The monoisotopic (exact) mass is 182 g/mol. The number of aliphatic carboxylic acids is 1.